The first-order valence-corrected chi connectivity index (χ1v) is 6.62. The lowest BCUT2D eigenvalue weighted by molar-refractivity contribution is -0.274. The minimum Gasteiger partial charge on any atom is -0.406 e. The first-order chi connectivity index (χ1) is 9.98. The normalized spacial score (nSPS) is 18.5. The molecule has 1 aromatic carbocycles. The van der Waals surface area contributed by atoms with Gasteiger partial charge in [0.2, 0.25) is 0 Å². The molecule has 1 heterocycles. The van der Waals surface area contributed by atoms with Crippen molar-refractivity contribution in [2.24, 2.45) is 5.73 Å². The van der Waals surface area contributed by atoms with E-state index in [1.54, 1.807) is 12.1 Å². The van der Waals surface area contributed by atoms with Crippen LogP contribution in [-0.4, -0.2) is 44.2 Å². The van der Waals surface area contributed by atoms with Crippen LogP contribution in [0.1, 0.15) is 11.6 Å². The molecule has 0 aromatic heterocycles. The third-order valence-electron chi connectivity index (χ3n) is 3.10. The van der Waals surface area contributed by atoms with E-state index in [1.165, 1.54) is 12.1 Å². The molecule has 0 bridgehead atoms. The van der Waals surface area contributed by atoms with Crippen molar-refractivity contribution in [3.63, 3.8) is 0 Å². The number of nitrogens with one attached hydrogen (secondary N) is 1. The standard InChI is InChI=1S/C13H18F3N3O2/c14-13(15,16)21-11-3-1-10(2-4-11)12(9-17)18-19-5-7-20-8-6-19/h1-4,12,18H,5-9,17H2. The van der Waals surface area contributed by atoms with E-state index in [-0.39, 0.29) is 11.8 Å². The summed E-state index contributed by atoms with van der Waals surface area (Å²) in [6.45, 7) is 3.10. The lowest BCUT2D eigenvalue weighted by Gasteiger charge is -2.31. The monoisotopic (exact) mass is 305 g/mol. The van der Waals surface area contributed by atoms with Gasteiger partial charge in [-0.2, -0.15) is 0 Å². The van der Waals surface area contributed by atoms with Crippen molar-refractivity contribution in [2.75, 3.05) is 32.8 Å². The highest BCUT2D eigenvalue weighted by molar-refractivity contribution is 5.29. The number of hydrazine groups is 1. The lowest BCUT2D eigenvalue weighted by Crippen LogP contribution is -2.48. The molecule has 1 unspecified atom stereocenters. The maximum Gasteiger partial charge on any atom is 0.573 e. The summed E-state index contributed by atoms with van der Waals surface area (Å²) in [7, 11) is 0. The van der Waals surface area contributed by atoms with Gasteiger partial charge in [0.05, 0.1) is 19.3 Å². The first kappa shape index (κ1) is 16.0. The van der Waals surface area contributed by atoms with Gasteiger partial charge in [-0.15, -0.1) is 13.2 Å². The Kier molecular flexibility index (Phi) is 5.40. The van der Waals surface area contributed by atoms with Crippen molar-refractivity contribution < 1.29 is 22.6 Å². The van der Waals surface area contributed by atoms with Gasteiger partial charge in [0.25, 0.3) is 0 Å². The number of nitrogens with two attached hydrogens (primary N) is 1. The van der Waals surface area contributed by atoms with Crippen LogP contribution in [-0.2, 0) is 4.74 Å². The summed E-state index contributed by atoms with van der Waals surface area (Å²) in [5.41, 5.74) is 9.79. The molecule has 0 spiro atoms. The fourth-order valence-corrected chi connectivity index (χ4v) is 2.08. The highest BCUT2D eigenvalue weighted by Gasteiger charge is 2.31. The van der Waals surface area contributed by atoms with Crippen LogP contribution < -0.4 is 15.9 Å². The number of halogens is 3. The molecule has 21 heavy (non-hydrogen) atoms. The quantitative estimate of drug-likeness (QED) is 0.861. The number of nitrogens with zero attached hydrogens (tertiary/aromatic N) is 1. The maximum absolute atomic E-state index is 12.1. The van der Waals surface area contributed by atoms with Crippen molar-refractivity contribution in [2.45, 2.75) is 12.4 Å². The van der Waals surface area contributed by atoms with Gasteiger partial charge >= 0.3 is 6.36 Å². The molecule has 0 amide bonds. The SMILES string of the molecule is NCC(NN1CCOCC1)c1ccc(OC(F)(F)F)cc1. The van der Waals surface area contributed by atoms with Crippen LogP contribution in [0.2, 0.25) is 0 Å². The Morgan fingerprint density at radius 1 is 1.24 bits per heavy atom. The maximum atomic E-state index is 12.1. The average Bonchev–Trinajstić information content (AvgIpc) is 2.45. The number of ether oxygens (including phenoxy) is 2. The Hall–Kier alpha value is -1.35. The van der Waals surface area contributed by atoms with E-state index in [0.29, 0.717) is 19.8 Å². The average molecular weight is 305 g/mol. The smallest absolute Gasteiger partial charge is 0.406 e. The van der Waals surface area contributed by atoms with E-state index in [4.69, 9.17) is 10.5 Å². The molecule has 1 aliphatic rings. The number of rotatable bonds is 5. The van der Waals surface area contributed by atoms with Crippen LogP contribution in [0.25, 0.3) is 0 Å². The van der Waals surface area contributed by atoms with E-state index in [1.807, 2.05) is 5.01 Å². The lowest BCUT2D eigenvalue weighted by atomic mass is 10.1. The van der Waals surface area contributed by atoms with Gasteiger partial charge < -0.3 is 15.2 Å². The molecule has 8 heteroatoms. The number of hydrogen-bond acceptors (Lipinski definition) is 5. The number of hydrogen-bond donors (Lipinski definition) is 2. The summed E-state index contributed by atoms with van der Waals surface area (Å²) in [6.07, 6.45) is -4.68. The largest absolute Gasteiger partial charge is 0.573 e. The zero-order valence-corrected chi connectivity index (χ0v) is 11.4. The zero-order chi connectivity index (χ0) is 15.3. The zero-order valence-electron chi connectivity index (χ0n) is 11.4. The summed E-state index contributed by atoms with van der Waals surface area (Å²) in [4.78, 5) is 0. The first-order valence-electron chi connectivity index (χ1n) is 6.62. The molecule has 2 rings (SSSR count). The molecule has 1 aliphatic heterocycles. The number of morpholine rings is 1. The Balaban J connectivity index is 1.97. The van der Waals surface area contributed by atoms with Crippen molar-refractivity contribution in [3.8, 4) is 5.75 Å². The van der Waals surface area contributed by atoms with E-state index in [2.05, 4.69) is 10.2 Å². The highest BCUT2D eigenvalue weighted by Crippen LogP contribution is 2.24. The van der Waals surface area contributed by atoms with E-state index < -0.39 is 6.36 Å². The van der Waals surface area contributed by atoms with Crippen molar-refractivity contribution in [1.82, 2.24) is 10.4 Å². The Morgan fingerprint density at radius 3 is 2.38 bits per heavy atom. The molecule has 3 N–H and O–H groups in total. The molecule has 1 fully saturated rings. The fraction of sp³-hybridized carbons (Fsp3) is 0.538. The van der Waals surface area contributed by atoms with Gasteiger partial charge in [0.15, 0.2) is 0 Å². The van der Waals surface area contributed by atoms with Crippen molar-refractivity contribution in [3.05, 3.63) is 29.8 Å². The molecule has 1 atom stereocenters. The van der Waals surface area contributed by atoms with Crippen LogP contribution in [0, 0.1) is 0 Å². The summed E-state index contributed by atoms with van der Waals surface area (Å²) in [5, 5.41) is 2.00. The molecule has 1 aromatic rings. The fourth-order valence-electron chi connectivity index (χ4n) is 2.08. The summed E-state index contributed by atoms with van der Waals surface area (Å²) < 4.78 is 45.4. The second-order valence-electron chi connectivity index (χ2n) is 4.63. The van der Waals surface area contributed by atoms with E-state index >= 15 is 0 Å². The van der Waals surface area contributed by atoms with Crippen LogP contribution in [0.15, 0.2) is 24.3 Å². The molecule has 0 radical (unpaired) electrons. The van der Waals surface area contributed by atoms with Crippen LogP contribution in [0.4, 0.5) is 13.2 Å². The molecule has 118 valence electrons. The number of alkyl halides is 3. The van der Waals surface area contributed by atoms with Crippen LogP contribution in [0.3, 0.4) is 0 Å². The third kappa shape index (κ3) is 5.16. The summed E-state index contributed by atoms with van der Waals surface area (Å²) in [5.74, 6) is -0.242. The predicted molar refractivity (Wildman–Crippen MR) is 70.4 cm³/mol. The van der Waals surface area contributed by atoms with Crippen LogP contribution >= 0.6 is 0 Å². The van der Waals surface area contributed by atoms with Crippen LogP contribution in [0.5, 0.6) is 5.75 Å². The third-order valence-corrected chi connectivity index (χ3v) is 3.10. The van der Waals surface area contributed by atoms with E-state index in [9.17, 15) is 13.2 Å². The molecule has 0 saturated carbocycles. The minimum absolute atomic E-state index is 0.164. The summed E-state index contributed by atoms with van der Waals surface area (Å²) >= 11 is 0. The highest BCUT2D eigenvalue weighted by atomic mass is 19.4. The minimum atomic E-state index is -4.68. The van der Waals surface area contributed by atoms with Gasteiger partial charge in [-0.1, -0.05) is 12.1 Å². The van der Waals surface area contributed by atoms with Crippen molar-refractivity contribution >= 4 is 0 Å². The van der Waals surface area contributed by atoms with Gasteiger partial charge in [0, 0.05) is 19.6 Å². The molecule has 5 nitrogen and oxygen atoms in total. The number of benzene rings is 1. The van der Waals surface area contributed by atoms with Gasteiger partial charge in [-0.05, 0) is 17.7 Å². The van der Waals surface area contributed by atoms with Gasteiger partial charge in [-0.3, -0.25) is 0 Å². The van der Waals surface area contributed by atoms with Gasteiger partial charge in [0.1, 0.15) is 5.75 Å². The predicted octanol–water partition coefficient (Wildman–Crippen LogP) is 1.42. The van der Waals surface area contributed by atoms with Gasteiger partial charge in [-0.25, -0.2) is 10.4 Å². The topological polar surface area (TPSA) is 59.8 Å². The second kappa shape index (κ2) is 7.08. The van der Waals surface area contributed by atoms with Crippen molar-refractivity contribution in [1.29, 1.82) is 0 Å². The molecular weight excluding hydrogens is 287 g/mol. The molecular formula is C13H18F3N3O2. The molecule has 1 saturated heterocycles. The summed E-state index contributed by atoms with van der Waals surface area (Å²) in [6, 6.07) is 5.56. The molecule has 0 aliphatic carbocycles. The Labute approximate surface area is 120 Å². The Bertz CT molecular complexity index is 433. The second-order valence-corrected chi connectivity index (χ2v) is 4.63. The van der Waals surface area contributed by atoms with E-state index in [0.717, 1.165) is 18.7 Å². The Morgan fingerprint density at radius 2 is 1.86 bits per heavy atom.